The van der Waals surface area contributed by atoms with Gasteiger partial charge in [-0.15, -0.1) is 0 Å². The molecule has 0 atom stereocenters. The Morgan fingerprint density at radius 1 is 1.44 bits per heavy atom. The zero-order valence-corrected chi connectivity index (χ0v) is 8.49. The lowest BCUT2D eigenvalue weighted by atomic mass is 10.0. The molecular weight excluding hydrogens is 255 g/mol. The van der Waals surface area contributed by atoms with Crippen molar-refractivity contribution in [1.82, 2.24) is 0 Å². The van der Waals surface area contributed by atoms with E-state index in [1.807, 2.05) is 0 Å². The van der Waals surface area contributed by atoms with E-state index < -0.39 is 39.4 Å². The standard InChI is InChI=1S/C9H4F3N3O3/c10-9(11,12)6-1-4(3-13)7(15(17)18)2-5(6)8(14)16/h1-2H,(H2,14,16). The zero-order chi connectivity index (χ0) is 14.1. The number of rotatable bonds is 2. The van der Waals surface area contributed by atoms with Gasteiger partial charge < -0.3 is 5.73 Å². The highest BCUT2D eigenvalue weighted by Gasteiger charge is 2.37. The highest BCUT2D eigenvalue weighted by atomic mass is 19.4. The van der Waals surface area contributed by atoms with Gasteiger partial charge in [0.1, 0.15) is 11.6 Å². The molecule has 1 amide bonds. The molecule has 0 aromatic heterocycles. The number of primary amides is 1. The van der Waals surface area contributed by atoms with Gasteiger partial charge in [0.25, 0.3) is 5.69 Å². The molecule has 6 nitrogen and oxygen atoms in total. The Balaban J connectivity index is 3.70. The van der Waals surface area contributed by atoms with Crippen molar-refractivity contribution in [2.24, 2.45) is 5.73 Å². The molecule has 94 valence electrons. The average molecular weight is 259 g/mol. The van der Waals surface area contributed by atoms with Crippen LogP contribution >= 0.6 is 0 Å². The summed E-state index contributed by atoms with van der Waals surface area (Å²) in [4.78, 5) is 20.3. The molecule has 18 heavy (non-hydrogen) atoms. The predicted octanol–water partition coefficient (Wildman–Crippen LogP) is 1.58. The number of nitro groups is 1. The number of amides is 1. The van der Waals surface area contributed by atoms with Gasteiger partial charge in [-0.2, -0.15) is 18.4 Å². The van der Waals surface area contributed by atoms with Crippen molar-refractivity contribution in [1.29, 1.82) is 5.26 Å². The lowest BCUT2D eigenvalue weighted by Gasteiger charge is -2.10. The second-order valence-corrected chi connectivity index (χ2v) is 3.15. The van der Waals surface area contributed by atoms with Crippen LogP contribution in [0.15, 0.2) is 12.1 Å². The van der Waals surface area contributed by atoms with Gasteiger partial charge in [-0.3, -0.25) is 14.9 Å². The van der Waals surface area contributed by atoms with Crippen LogP contribution in [0, 0.1) is 21.4 Å². The first-order valence-electron chi connectivity index (χ1n) is 4.28. The van der Waals surface area contributed by atoms with Gasteiger partial charge in [0, 0.05) is 6.07 Å². The van der Waals surface area contributed by atoms with Crippen LogP contribution in [0.2, 0.25) is 0 Å². The largest absolute Gasteiger partial charge is 0.417 e. The summed E-state index contributed by atoms with van der Waals surface area (Å²) in [5.41, 5.74) is 0.507. The minimum absolute atomic E-state index is 0.234. The van der Waals surface area contributed by atoms with E-state index in [4.69, 9.17) is 11.0 Å². The lowest BCUT2D eigenvalue weighted by molar-refractivity contribution is -0.385. The quantitative estimate of drug-likeness (QED) is 0.642. The predicted molar refractivity (Wildman–Crippen MR) is 51.3 cm³/mol. The minimum Gasteiger partial charge on any atom is -0.366 e. The van der Waals surface area contributed by atoms with Gasteiger partial charge in [0.15, 0.2) is 0 Å². The van der Waals surface area contributed by atoms with Gasteiger partial charge in [0.2, 0.25) is 5.91 Å². The summed E-state index contributed by atoms with van der Waals surface area (Å²) in [5, 5.41) is 19.1. The highest BCUT2D eigenvalue weighted by molar-refractivity contribution is 5.95. The van der Waals surface area contributed by atoms with E-state index in [2.05, 4.69) is 0 Å². The van der Waals surface area contributed by atoms with E-state index >= 15 is 0 Å². The van der Waals surface area contributed by atoms with Crippen molar-refractivity contribution >= 4 is 11.6 Å². The maximum Gasteiger partial charge on any atom is 0.417 e. The normalized spacial score (nSPS) is 10.8. The topological polar surface area (TPSA) is 110 Å². The van der Waals surface area contributed by atoms with Crippen molar-refractivity contribution in [3.63, 3.8) is 0 Å². The Morgan fingerprint density at radius 2 is 2.00 bits per heavy atom. The van der Waals surface area contributed by atoms with Gasteiger partial charge in [-0.25, -0.2) is 0 Å². The van der Waals surface area contributed by atoms with Gasteiger partial charge in [-0.05, 0) is 6.07 Å². The Bertz CT molecular complexity index is 575. The van der Waals surface area contributed by atoms with Crippen molar-refractivity contribution in [2.75, 3.05) is 0 Å². The van der Waals surface area contributed by atoms with Crippen LogP contribution in [0.4, 0.5) is 18.9 Å². The number of nitrogens with two attached hydrogens (primary N) is 1. The molecule has 2 N–H and O–H groups in total. The van der Waals surface area contributed by atoms with Crippen molar-refractivity contribution in [2.45, 2.75) is 6.18 Å². The fourth-order valence-corrected chi connectivity index (χ4v) is 1.27. The molecule has 0 spiro atoms. The van der Waals surface area contributed by atoms with E-state index in [0.29, 0.717) is 6.07 Å². The molecule has 0 aliphatic carbocycles. The number of alkyl halides is 3. The van der Waals surface area contributed by atoms with Crippen LogP contribution in [0.25, 0.3) is 0 Å². The fraction of sp³-hybridized carbons (Fsp3) is 0.111. The Hall–Kier alpha value is -2.63. The molecule has 0 fully saturated rings. The van der Waals surface area contributed by atoms with Gasteiger partial charge in [0.05, 0.1) is 16.1 Å². The lowest BCUT2D eigenvalue weighted by Crippen LogP contribution is -2.19. The van der Waals surface area contributed by atoms with Crippen LogP contribution in [0.3, 0.4) is 0 Å². The second kappa shape index (κ2) is 4.33. The summed E-state index contributed by atoms with van der Waals surface area (Å²) in [5.74, 6) is -1.46. The van der Waals surface area contributed by atoms with Crippen LogP contribution in [0.1, 0.15) is 21.5 Å². The molecule has 0 heterocycles. The molecule has 0 radical (unpaired) electrons. The minimum atomic E-state index is -4.94. The molecule has 9 heteroatoms. The smallest absolute Gasteiger partial charge is 0.366 e. The number of nitriles is 1. The van der Waals surface area contributed by atoms with E-state index in [1.165, 1.54) is 6.07 Å². The first-order valence-corrected chi connectivity index (χ1v) is 4.28. The molecular formula is C9H4F3N3O3. The molecule has 0 bridgehead atoms. The molecule has 0 saturated carbocycles. The van der Waals surface area contributed by atoms with Gasteiger partial charge in [-0.1, -0.05) is 0 Å². The van der Waals surface area contributed by atoms with Crippen molar-refractivity contribution in [3.05, 3.63) is 38.9 Å². The summed E-state index contributed by atoms with van der Waals surface area (Å²) in [7, 11) is 0. The average Bonchev–Trinajstić information content (AvgIpc) is 2.25. The van der Waals surface area contributed by atoms with E-state index in [1.54, 1.807) is 0 Å². The number of nitrogens with zero attached hydrogens (tertiary/aromatic N) is 2. The zero-order valence-electron chi connectivity index (χ0n) is 8.49. The number of halogens is 3. The highest BCUT2D eigenvalue weighted by Crippen LogP contribution is 2.35. The van der Waals surface area contributed by atoms with Crippen molar-refractivity contribution in [3.8, 4) is 6.07 Å². The third-order valence-electron chi connectivity index (χ3n) is 2.02. The summed E-state index contributed by atoms with van der Waals surface area (Å²) in [6.45, 7) is 0. The fourth-order valence-electron chi connectivity index (χ4n) is 1.27. The van der Waals surface area contributed by atoms with E-state index in [9.17, 15) is 28.1 Å². The monoisotopic (exact) mass is 259 g/mol. The maximum atomic E-state index is 12.6. The number of hydrogen-bond acceptors (Lipinski definition) is 4. The first kappa shape index (κ1) is 13.4. The summed E-state index contributed by atoms with van der Waals surface area (Å²) < 4.78 is 37.7. The molecule has 0 aliphatic heterocycles. The second-order valence-electron chi connectivity index (χ2n) is 3.15. The Kier molecular flexibility index (Phi) is 3.23. The molecule has 1 aromatic carbocycles. The number of nitro benzene ring substituents is 1. The Morgan fingerprint density at radius 3 is 2.33 bits per heavy atom. The number of carbonyl (C=O) groups excluding carboxylic acids is 1. The number of benzene rings is 1. The first-order chi connectivity index (χ1) is 8.18. The van der Waals surface area contributed by atoms with Crippen LogP contribution in [-0.4, -0.2) is 10.8 Å². The molecule has 1 aromatic rings. The molecule has 0 unspecified atom stereocenters. The van der Waals surface area contributed by atoms with E-state index in [0.717, 1.165) is 0 Å². The summed E-state index contributed by atoms with van der Waals surface area (Å²) in [6, 6.07) is 1.85. The summed E-state index contributed by atoms with van der Waals surface area (Å²) in [6.07, 6.45) is -4.94. The Labute approximate surface area is 97.6 Å². The maximum absolute atomic E-state index is 12.6. The van der Waals surface area contributed by atoms with Crippen LogP contribution in [-0.2, 0) is 6.18 Å². The van der Waals surface area contributed by atoms with Crippen molar-refractivity contribution < 1.29 is 22.9 Å². The van der Waals surface area contributed by atoms with Gasteiger partial charge >= 0.3 is 6.18 Å². The molecule has 0 saturated heterocycles. The van der Waals surface area contributed by atoms with Crippen LogP contribution < -0.4 is 5.73 Å². The third kappa shape index (κ3) is 2.37. The number of hydrogen-bond donors (Lipinski definition) is 1. The molecule has 1 rings (SSSR count). The van der Waals surface area contributed by atoms with Crippen LogP contribution in [0.5, 0.6) is 0 Å². The third-order valence-corrected chi connectivity index (χ3v) is 2.02. The van der Waals surface area contributed by atoms with E-state index in [-0.39, 0.29) is 6.07 Å². The number of carbonyl (C=O) groups is 1. The SMILES string of the molecule is N#Cc1cc(C(F)(F)F)c(C(N)=O)cc1[N+](=O)[O-]. The summed E-state index contributed by atoms with van der Waals surface area (Å²) >= 11 is 0. The molecule has 0 aliphatic rings.